The van der Waals surface area contributed by atoms with Crippen molar-refractivity contribution >= 4 is 17.8 Å². The third-order valence-electron chi connectivity index (χ3n) is 2.31. The fourth-order valence-corrected chi connectivity index (χ4v) is 2.06. The second-order valence-electron chi connectivity index (χ2n) is 3.40. The Labute approximate surface area is 101 Å². The summed E-state index contributed by atoms with van der Waals surface area (Å²) in [7, 11) is 0. The molecule has 1 heteroatoms. The van der Waals surface area contributed by atoms with Crippen molar-refractivity contribution in [1.82, 2.24) is 0 Å². The van der Waals surface area contributed by atoms with Gasteiger partial charge in [-0.1, -0.05) is 48.5 Å². The third-order valence-corrected chi connectivity index (χ3v) is 3.12. The number of thioether (sulfide) groups is 1. The van der Waals surface area contributed by atoms with E-state index in [2.05, 4.69) is 48.7 Å². The van der Waals surface area contributed by atoms with Crippen LogP contribution in [0.25, 0.3) is 6.08 Å². The lowest BCUT2D eigenvalue weighted by Crippen LogP contribution is -1.78. The van der Waals surface area contributed by atoms with Gasteiger partial charge in [-0.2, -0.15) is 0 Å². The zero-order chi connectivity index (χ0) is 11.2. The number of hydrogen-bond donors (Lipinski definition) is 0. The van der Waals surface area contributed by atoms with E-state index in [1.54, 1.807) is 11.8 Å². The summed E-state index contributed by atoms with van der Waals surface area (Å²) in [6.07, 6.45) is 7.43. The fraction of sp³-hybridized carbons (Fsp3) is 0.0667. The molecule has 0 aromatic heterocycles. The van der Waals surface area contributed by atoms with E-state index < -0.39 is 0 Å². The second kappa shape index (κ2) is 5.57. The summed E-state index contributed by atoms with van der Waals surface area (Å²) in [6, 6.07) is 18.5. The predicted molar refractivity (Wildman–Crippen MR) is 71.5 cm³/mol. The van der Waals surface area contributed by atoms with Crippen molar-refractivity contribution < 1.29 is 0 Å². The van der Waals surface area contributed by atoms with E-state index in [1.165, 1.54) is 10.5 Å². The molecule has 2 aromatic carbocycles. The molecule has 1 radical (unpaired) electrons. The van der Waals surface area contributed by atoms with Gasteiger partial charge in [-0.25, -0.2) is 0 Å². The number of rotatable bonds is 3. The molecular weight excluding hydrogens is 212 g/mol. The van der Waals surface area contributed by atoms with Gasteiger partial charge in [-0.15, -0.1) is 11.8 Å². The molecule has 0 spiro atoms. The van der Waals surface area contributed by atoms with Crippen LogP contribution in [-0.2, 0) is 0 Å². The van der Waals surface area contributed by atoms with Gasteiger partial charge in [-0.05, 0) is 35.6 Å². The predicted octanol–water partition coefficient (Wildman–Crippen LogP) is 4.27. The van der Waals surface area contributed by atoms with Gasteiger partial charge in [0.25, 0.3) is 0 Å². The molecule has 0 atom stereocenters. The SMILES string of the molecule is CSc1ccccc1C=[C]c1ccccc1. The number of benzene rings is 2. The van der Waals surface area contributed by atoms with Crippen molar-refractivity contribution in [1.29, 1.82) is 0 Å². The lowest BCUT2D eigenvalue weighted by Gasteiger charge is -2.00. The molecule has 0 aliphatic rings. The molecule has 0 aliphatic carbocycles. The smallest absolute Gasteiger partial charge is 0.0142 e. The maximum absolute atomic E-state index is 3.30. The monoisotopic (exact) mass is 225 g/mol. The van der Waals surface area contributed by atoms with Crippen LogP contribution in [0.5, 0.6) is 0 Å². The summed E-state index contributed by atoms with van der Waals surface area (Å²) in [6.45, 7) is 0. The van der Waals surface area contributed by atoms with Crippen molar-refractivity contribution in [2.45, 2.75) is 4.90 Å². The standard InChI is InChI=1S/C15H13S/c1-16-15-10-6-5-9-14(15)12-11-13-7-3-2-4-8-13/h2-10,12H,1H3. The molecule has 0 bridgehead atoms. The Morgan fingerprint density at radius 3 is 2.38 bits per heavy atom. The first-order chi connectivity index (χ1) is 7.90. The van der Waals surface area contributed by atoms with Gasteiger partial charge in [0.2, 0.25) is 0 Å². The van der Waals surface area contributed by atoms with E-state index in [4.69, 9.17) is 0 Å². The van der Waals surface area contributed by atoms with E-state index >= 15 is 0 Å². The zero-order valence-electron chi connectivity index (χ0n) is 9.18. The summed E-state index contributed by atoms with van der Waals surface area (Å²) >= 11 is 1.76. The molecule has 0 heterocycles. The molecule has 0 fully saturated rings. The minimum atomic E-state index is 1.11. The van der Waals surface area contributed by atoms with Crippen LogP contribution >= 0.6 is 11.8 Å². The highest BCUT2D eigenvalue weighted by Gasteiger charge is 1.95. The molecule has 0 aliphatic heterocycles. The van der Waals surface area contributed by atoms with Gasteiger partial charge in [0.15, 0.2) is 0 Å². The highest BCUT2D eigenvalue weighted by atomic mass is 32.2. The van der Waals surface area contributed by atoms with Crippen molar-refractivity contribution in [3.63, 3.8) is 0 Å². The topological polar surface area (TPSA) is 0 Å². The highest BCUT2D eigenvalue weighted by Crippen LogP contribution is 2.21. The quantitative estimate of drug-likeness (QED) is 0.555. The molecule has 0 N–H and O–H groups in total. The van der Waals surface area contributed by atoms with Crippen LogP contribution in [-0.4, -0.2) is 6.26 Å². The summed E-state index contributed by atoms with van der Waals surface area (Å²) in [4.78, 5) is 1.28. The lowest BCUT2D eigenvalue weighted by atomic mass is 10.1. The van der Waals surface area contributed by atoms with E-state index in [-0.39, 0.29) is 0 Å². The Morgan fingerprint density at radius 2 is 1.62 bits per heavy atom. The minimum Gasteiger partial charge on any atom is -0.129 e. The largest absolute Gasteiger partial charge is 0.129 e. The average molecular weight is 225 g/mol. The number of hydrogen-bond acceptors (Lipinski definition) is 1. The van der Waals surface area contributed by atoms with Crippen LogP contribution < -0.4 is 0 Å². The molecule has 2 rings (SSSR count). The van der Waals surface area contributed by atoms with Gasteiger partial charge >= 0.3 is 0 Å². The molecule has 0 unspecified atom stereocenters. The van der Waals surface area contributed by atoms with Crippen LogP contribution in [0.15, 0.2) is 59.5 Å². The first kappa shape index (κ1) is 11.0. The Bertz CT molecular complexity index is 472. The molecule has 2 aromatic rings. The van der Waals surface area contributed by atoms with Crippen LogP contribution in [0, 0.1) is 6.08 Å². The molecule has 79 valence electrons. The maximum atomic E-state index is 3.30. The highest BCUT2D eigenvalue weighted by molar-refractivity contribution is 7.98. The Balaban J connectivity index is 2.24. The van der Waals surface area contributed by atoms with Gasteiger partial charge in [0.1, 0.15) is 0 Å². The first-order valence-corrected chi connectivity index (χ1v) is 6.40. The van der Waals surface area contributed by atoms with E-state index in [1.807, 2.05) is 24.3 Å². The molecule has 0 saturated carbocycles. The van der Waals surface area contributed by atoms with Gasteiger partial charge in [0.05, 0.1) is 0 Å². The van der Waals surface area contributed by atoms with Gasteiger partial charge in [-0.3, -0.25) is 0 Å². The van der Waals surface area contributed by atoms with E-state index in [0.717, 1.165) is 5.56 Å². The van der Waals surface area contributed by atoms with E-state index in [9.17, 15) is 0 Å². The van der Waals surface area contributed by atoms with Crippen molar-refractivity contribution in [2.24, 2.45) is 0 Å². The zero-order valence-corrected chi connectivity index (χ0v) is 10.00. The molecule has 0 amide bonds. The summed E-state index contributed by atoms with van der Waals surface area (Å²) in [5.74, 6) is 0. The van der Waals surface area contributed by atoms with Crippen molar-refractivity contribution in [2.75, 3.05) is 6.26 Å². The summed E-state index contributed by atoms with van der Waals surface area (Å²) in [5.41, 5.74) is 2.33. The second-order valence-corrected chi connectivity index (χ2v) is 4.24. The molecular formula is C15H13S. The normalized spacial score (nSPS) is 10.8. The van der Waals surface area contributed by atoms with Crippen molar-refractivity contribution in [3.8, 4) is 0 Å². The Morgan fingerprint density at radius 1 is 0.938 bits per heavy atom. The molecule has 0 saturated heterocycles. The summed E-state index contributed by atoms with van der Waals surface area (Å²) < 4.78 is 0. The van der Waals surface area contributed by atoms with Crippen LogP contribution in [0.4, 0.5) is 0 Å². The minimum absolute atomic E-state index is 1.11. The molecule has 0 nitrogen and oxygen atoms in total. The Hall–Kier alpha value is -1.47. The lowest BCUT2D eigenvalue weighted by molar-refractivity contribution is 1.42. The van der Waals surface area contributed by atoms with Crippen LogP contribution in [0.2, 0.25) is 0 Å². The van der Waals surface area contributed by atoms with E-state index in [0.29, 0.717) is 0 Å². The molecule has 16 heavy (non-hydrogen) atoms. The van der Waals surface area contributed by atoms with Crippen molar-refractivity contribution in [3.05, 3.63) is 71.8 Å². The third kappa shape index (κ3) is 2.77. The maximum Gasteiger partial charge on any atom is 0.0142 e. The summed E-state index contributed by atoms with van der Waals surface area (Å²) in [5, 5.41) is 0. The van der Waals surface area contributed by atoms with Crippen LogP contribution in [0.1, 0.15) is 11.1 Å². The Kier molecular flexibility index (Phi) is 3.84. The van der Waals surface area contributed by atoms with Crippen LogP contribution in [0.3, 0.4) is 0 Å². The van der Waals surface area contributed by atoms with Gasteiger partial charge in [0, 0.05) is 4.90 Å². The fourth-order valence-electron chi connectivity index (χ4n) is 1.48. The van der Waals surface area contributed by atoms with Gasteiger partial charge < -0.3 is 0 Å². The average Bonchev–Trinajstić information content (AvgIpc) is 2.38. The first-order valence-electron chi connectivity index (χ1n) is 5.18.